The van der Waals surface area contributed by atoms with Gasteiger partial charge in [-0.05, 0) is 49.1 Å². The summed E-state index contributed by atoms with van der Waals surface area (Å²) in [6, 6.07) is 10.1. The summed E-state index contributed by atoms with van der Waals surface area (Å²) >= 11 is 0. The minimum absolute atomic E-state index is 0.200. The lowest BCUT2D eigenvalue weighted by atomic mass is 10.1. The molecule has 1 saturated carbocycles. The van der Waals surface area contributed by atoms with Crippen molar-refractivity contribution in [3.63, 3.8) is 0 Å². The second-order valence-electron chi connectivity index (χ2n) is 7.52. The van der Waals surface area contributed by atoms with Crippen LogP contribution in [0.1, 0.15) is 37.7 Å². The standard InChI is InChI=1S/C23H29NO6S/c1-28-20-13-11-16(22(29-2)23(20)30-3)12-14-21(25)24-17-7-6-10-19(15-17)31(26,27)18-8-4-5-9-18/h6-7,10-11,13,15,18H,4-5,8-9,12,14H2,1-3H3,(H,24,25). The van der Waals surface area contributed by atoms with Crippen LogP contribution in [0.3, 0.4) is 0 Å². The molecule has 1 fully saturated rings. The number of hydrogen-bond donors (Lipinski definition) is 1. The van der Waals surface area contributed by atoms with E-state index in [-0.39, 0.29) is 22.5 Å². The molecule has 1 aliphatic carbocycles. The zero-order valence-electron chi connectivity index (χ0n) is 18.1. The van der Waals surface area contributed by atoms with E-state index in [1.807, 2.05) is 6.07 Å². The van der Waals surface area contributed by atoms with Crippen LogP contribution in [-0.4, -0.2) is 40.9 Å². The van der Waals surface area contributed by atoms with Crippen molar-refractivity contribution in [2.45, 2.75) is 48.7 Å². The molecule has 1 aliphatic rings. The molecule has 0 aliphatic heterocycles. The zero-order chi connectivity index (χ0) is 22.4. The highest BCUT2D eigenvalue weighted by molar-refractivity contribution is 7.92. The fourth-order valence-corrected chi connectivity index (χ4v) is 5.87. The maximum absolute atomic E-state index is 12.8. The van der Waals surface area contributed by atoms with E-state index in [4.69, 9.17) is 14.2 Å². The number of carbonyl (C=O) groups excluding carboxylic acids is 1. The van der Waals surface area contributed by atoms with Gasteiger partial charge < -0.3 is 19.5 Å². The minimum atomic E-state index is -3.37. The number of carbonyl (C=O) groups is 1. The second kappa shape index (κ2) is 10.0. The van der Waals surface area contributed by atoms with Gasteiger partial charge in [-0.15, -0.1) is 0 Å². The van der Waals surface area contributed by atoms with Crippen molar-refractivity contribution in [2.24, 2.45) is 0 Å². The van der Waals surface area contributed by atoms with Gasteiger partial charge in [-0.2, -0.15) is 0 Å². The molecular formula is C23H29NO6S. The predicted molar refractivity (Wildman–Crippen MR) is 119 cm³/mol. The van der Waals surface area contributed by atoms with Crippen molar-refractivity contribution in [3.05, 3.63) is 42.0 Å². The number of methoxy groups -OCH3 is 3. The monoisotopic (exact) mass is 447 g/mol. The van der Waals surface area contributed by atoms with E-state index < -0.39 is 9.84 Å². The van der Waals surface area contributed by atoms with Gasteiger partial charge in [-0.1, -0.05) is 25.0 Å². The highest BCUT2D eigenvalue weighted by Gasteiger charge is 2.30. The summed E-state index contributed by atoms with van der Waals surface area (Å²) in [5, 5.41) is 2.48. The van der Waals surface area contributed by atoms with Gasteiger partial charge in [0.1, 0.15) is 0 Å². The first-order valence-corrected chi connectivity index (χ1v) is 11.9. The normalized spacial score (nSPS) is 14.3. The van der Waals surface area contributed by atoms with Gasteiger partial charge in [-0.25, -0.2) is 8.42 Å². The first-order valence-electron chi connectivity index (χ1n) is 10.3. The van der Waals surface area contributed by atoms with Crippen molar-refractivity contribution in [1.29, 1.82) is 0 Å². The Labute approximate surface area is 183 Å². The third-order valence-corrected chi connectivity index (χ3v) is 7.85. The van der Waals surface area contributed by atoms with Gasteiger partial charge in [0.05, 0.1) is 31.5 Å². The van der Waals surface area contributed by atoms with Crippen LogP contribution in [0.4, 0.5) is 5.69 Å². The van der Waals surface area contributed by atoms with E-state index >= 15 is 0 Å². The van der Waals surface area contributed by atoms with Crippen LogP contribution in [0.25, 0.3) is 0 Å². The summed E-state index contributed by atoms with van der Waals surface area (Å²) in [6.07, 6.45) is 3.92. The number of amides is 1. The lowest BCUT2D eigenvalue weighted by Crippen LogP contribution is -2.18. The summed E-state index contributed by atoms with van der Waals surface area (Å²) < 4.78 is 41.8. The van der Waals surface area contributed by atoms with E-state index in [0.717, 1.165) is 18.4 Å². The van der Waals surface area contributed by atoms with E-state index in [9.17, 15) is 13.2 Å². The lowest BCUT2D eigenvalue weighted by Gasteiger charge is -2.16. The van der Waals surface area contributed by atoms with E-state index in [1.165, 1.54) is 14.2 Å². The van der Waals surface area contributed by atoms with Crippen LogP contribution in [0.2, 0.25) is 0 Å². The van der Waals surface area contributed by atoms with Crippen LogP contribution in [0.15, 0.2) is 41.3 Å². The Morgan fingerprint density at radius 3 is 2.35 bits per heavy atom. The Balaban J connectivity index is 1.68. The second-order valence-corrected chi connectivity index (χ2v) is 9.75. The molecule has 8 heteroatoms. The summed E-state index contributed by atoms with van der Waals surface area (Å²) in [5.41, 5.74) is 1.29. The molecule has 31 heavy (non-hydrogen) atoms. The number of aryl methyl sites for hydroxylation is 1. The molecule has 0 spiro atoms. The predicted octanol–water partition coefficient (Wildman–Crippen LogP) is 4.00. The SMILES string of the molecule is COc1ccc(CCC(=O)Nc2cccc(S(=O)(=O)C3CCCC3)c2)c(OC)c1OC. The lowest BCUT2D eigenvalue weighted by molar-refractivity contribution is -0.116. The molecule has 1 N–H and O–H groups in total. The van der Waals surface area contributed by atoms with Crippen LogP contribution in [-0.2, 0) is 21.1 Å². The maximum Gasteiger partial charge on any atom is 0.224 e. The van der Waals surface area contributed by atoms with Gasteiger partial charge >= 0.3 is 0 Å². The number of nitrogens with one attached hydrogen (secondary N) is 1. The summed E-state index contributed by atoms with van der Waals surface area (Å²) in [6.45, 7) is 0. The number of benzene rings is 2. The first-order chi connectivity index (χ1) is 14.9. The van der Waals surface area contributed by atoms with Gasteiger partial charge in [0.15, 0.2) is 21.3 Å². The molecule has 0 saturated heterocycles. The number of rotatable bonds is 9. The number of sulfone groups is 1. The quantitative estimate of drug-likeness (QED) is 0.625. The van der Waals surface area contributed by atoms with E-state index in [2.05, 4.69) is 5.32 Å². The third kappa shape index (κ3) is 5.12. The molecule has 2 aromatic carbocycles. The van der Waals surface area contributed by atoms with Crippen LogP contribution >= 0.6 is 0 Å². The average molecular weight is 448 g/mol. The number of anilines is 1. The van der Waals surface area contributed by atoms with Gasteiger partial charge in [0.25, 0.3) is 0 Å². The van der Waals surface area contributed by atoms with Crippen LogP contribution in [0.5, 0.6) is 17.2 Å². The summed E-state index contributed by atoms with van der Waals surface area (Å²) in [5.74, 6) is 1.34. The molecular weight excluding hydrogens is 418 g/mol. The van der Waals surface area contributed by atoms with Crippen molar-refractivity contribution in [3.8, 4) is 17.2 Å². The highest BCUT2D eigenvalue weighted by atomic mass is 32.2. The summed E-state index contributed by atoms with van der Waals surface area (Å²) in [4.78, 5) is 12.8. The van der Waals surface area contributed by atoms with Gasteiger partial charge in [0, 0.05) is 12.1 Å². The smallest absolute Gasteiger partial charge is 0.224 e. The Bertz CT molecular complexity index is 1030. The topological polar surface area (TPSA) is 90.9 Å². The van der Waals surface area contributed by atoms with E-state index in [0.29, 0.717) is 42.2 Å². The highest BCUT2D eigenvalue weighted by Crippen LogP contribution is 2.40. The molecule has 0 atom stereocenters. The first kappa shape index (κ1) is 22.9. The van der Waals surface area contributed by atoms with Crippen LogP contribution < -0.4 is 19.5 Å². The van der Waals surface area contributed by atoms with E-state index in [1.54, 1.807) is 37.4 Å². The molecule has 1 amide bonds. The fraction of sp³-hybridized carbons (Fsp3) is 0.435. The molecule has 2 aromatic rings. The zero-order valence-corrected chi connectivity index (χ0v) is 19.0. The van der Waals surface area contributed by atoms with Crippen molar-refractivity contribution in [2.75, 3.05) is 26.6 Å². The Morgan fingerprint density at radius 1 is 1.00 bits per heavy atom. The molecule has 0 heterocycles. The van der Waals surface area contributed by atoms with Gasteiger partial charge in [0.2, 0.25) is 11.7 Å². The maximum atomic E-state index is 12.8. The summed E-state index contributed by atoms with van der Waals surface area (Å²) in [7, 11) is 1.25. The van der Waals surface area contributed by atoms with Crippen LogP contribution in [0, 0.1) is 0 Å². The molecule has 3 rings (SSSR count). The molecule has 0 bridgehead atoms. The number of ether oxygens (including phenoxy) is 3. The molecule has 0 aromatic heterocycles. The van der Waals surface area contributed by atoms with Crippen molar-refractivity contribution < 1.29 is 27.4 Å². The largest absolute Gasteiger partial charge is 0.493 e. The number of hydrogen-bond acceptors (Lipinski definition) is 6. The molecule has 7 nitrogen and oxygen atoms in total. The average Bonchev–Trinajstić information content (AvgIpc) is 3.33. The molecule has 0 unspecified atom stereocenters. The Kier molecular flexibility index (Phi) is 7.43. The third-order valence-electron chi connectivity index (χ3n) is 5.59. The Morgan fingerprint density at radius 2 is 1.71 bits per heavy atom. The molecule has 168 valence electrons. The molecule has 0 radical (unpaired) electrons. The van der Waals surface area contributed by atoms with Gasteiger partial charge in [-0.3, -0.25) is 4.79 Å². The minimum Gasteiger partial charge on any atom is -0.493 e. The van der Waals surface area contributed by atoms with Crippen molar-refractivity contribution in [1.82, 2.24) is 0 Å². The van der Waals surface area contributed by atoms with Crippen molar-refractivity contribution >= 4 is 21.4 Å². The fourth-order valence-electron chi connectivity index (χ4n) is 3.97. The Hall–Kier alpha value is -2.74.